The van der Waals surface area contributed by atoms with Crippen LogP contribution in [0.5, 0.6) is 0 Å². The van der Waals surface area contributed by atoms with E-state index in [1.807, 2.05) is 6.92 Å². The van der Waals surface area contributed by atoms with Crippen molar-refractivity contribution >= 4 is 0 Å². The summed E-state index contributed by atoms with van der Waals surface area (Å²) in [7, 11) is 0. The van der Waals surface area contributed by atoms with Gasteiger partial charge in [-0.15, -0.1) is 5.92 Å². The standard InChI is InChI=1S/C12H21N/c1-3-5-10-13-12-9-7-6-8-11(12)4-2/h11-13H,4,6-10H2,1-2H3. The minimum absolute atomic E-state index is 0.736. The molecule has 2 atom stereocenters. The number of nitrogens with one attached hydrogen (secondary N) is 1. The zero-order valence-electron chi connectivity index (χ0n) is 8.90. The van der Waals surface area contributed by atoms with Gasteiger partial charge in [0.05, 0.1) is 6.54 Å². The van der Waals surface area contributed by atoms with Crippen molar-refractivity contribution in [3.05, 3.63) is 0 Å². The van der Waals surface area contributed by atoms with Crippen LogP contribution in [0, 0.1) is 17.8 Å². The number of hydrogen-bond donors (Lipinski definition) is 1. The lowest BCUT2D eigenvalue weighted by Gasteiger charge is -2.31. The van der Waals surface area contributed by atoms with E-state index >= 15 is 0 Å². The molecule has 1 aliphatic rings. The lowest BCUT2D eigenvalue weighted by atomic mass is 9.83. The summed E-state index contributed by atoms with van der Waals surface area (Å²) in [5, 5.41) is 3.55. The molecule has 74 valence electrons. The molecule has 1 rings (SSSR count). The van der Waals surface area contributed by atoms with Crippen molar-refractivity contribution in [3.63, 3.8) is 0 Å². The molecule has 0 aromatic heterocycles. The van der Waals surface area contributed by atoms with Crippen LogP contribution in [0.15, 0.2) is 0 Å². The second-order valence-corrected chi connectivity index (χ2v) is 3.87. The maximum absolute atomic E-state index is 3.55. The Bertz CT molecular complexity index is 187. The topological polar surface area (TPSA) is 12.0 Å². The minimum atomic E-state index is 0.736. The summed E-state index contributed by atoms with van der Waals surface area (Å²) in [6.07, 6.45) is 6.90. The molecular formula is C12H21N. The van der Waals surface area contributed by atoms with Crippen LogP contribution in [0.4, 0.5) is 0 Å². The Morgan fingerprint density at radius 3 is 2.77 bits per heavy atom. The fourth-order valence-corrected chi connectivity index (χ4v) is 2.24. The molecular weight excluding hydrogens is 158 g/mol. The maximum atomic E-state index is 3.55. The van der Waals surface area contributed by atoms with E-state index in [1.54, 1.807) is 0 Å². The van der Waals surface area contributed by atoms with E-state index in [4.69, 9.17) is 0 Å². The second kappa shape index (κ2) is 6.05. The van der Waals surface area contributed by atoms with Crippen molar-refractivity contribution in [1.82, 2.24) is 5.32 Å². The van der Waals surface area contributed by atoms with Crippen molar-refractivity contribution in [3.8, 4) is 11.8 Å². The van der Waals surface area contributed by atoms with Gasteiger partial charge in [-0.05, 0) is 25.7 Å². The van der Waals surface area contributed by atoms with Gasteiger partial charge in [-0.25, -0.2) is 0 Å². The molecule has 0 saturated heterocycles. The molecule has 2 unspecified atom stereocenters. The van der Waals surface area contributed by atoms with Gasteiger partial charge in [0.15, 0.2) is 0 Å². The summed E-state index contributed by atoms with van der Waals surface area (Å²) in [6.45, 7) is 5.08. The van der Waals surface area contributed by atoms with Gasteiger partial charge in [-0.2, -0.15) is 0 Å². The molecule has 0 spiro atoms. The molecule has 1 nitrogen and oxygen atoms in total. The summed E-state index contributed by atoms with van der Waals surface area (Å²) in [5.74, 6) is 6.90. The Labute approximate surface area is 82.3 Å². The van der Waals surface area contributed by atoms with Gasteiger partial charge < -0.3 is 5.32 Å². The van der Waals surface area contributed by atoms with Gasteiger partial charge in [-0.3, -0.25) is 0 Å². The summed E-state index contributed by atoms with van der Waals surface area (Å²) in [5.41, 5.74) is 0. The molecule has 1 N–H and O–H groups in total. The summed E-state index contributed by atoms with van der Waals surface area (Å²) in [6, 6.07) is 0.736. The van der Waals surface area contributed by atoms with Gasteiger partial charge in [0.25, 0.3) is 0 Å². The Hall–Kier alpha value is -0.480. The minimum Gasteiger partial charge on any atom is -0.303 e. The molecule has 1 aliphatic carbocycles. The summed E-state index contributed by atoms with van der Waals surface area (Å²) in [4.78, 5) is 0. The van der Waals surface area contributed by atoms with E-state index < -0.39 is 0 Å². The zero-order valence-corrected chi connectivity index (χ0v) is 8.90. The molecule has 13 heavy (non-hydrogen) atoms. The van der Waals surface area contributed by atoms with E-state index in [-0.39, 0.29) is 0 Å². The quantitative estimate of drug-likeness (QED) is 0.657. The average molecular weight is 179 g/mol. The predicted octanol–water partition coefficient (Wildman–Crippen LogP) is 2.57. The zero-order chi connectivity index (χ0) is 9.52. The SMILES string of the molecule is CC#CCNC1CCCCC1CC. The molecule has 0 radical (unpaired) electrons. The van der Waals surface area contributed by atoms with Gasteiger partial charge >= 0.3 is 0 Å². The molecule has 1 heteroatoms. The van der Waals surface area contributed by atoms with Gasteiger partial charge in [0, 0.05) is 6.04 Å². The first-order valence-electron chi connectivity index (χ1n) is 5.51. The van der Waals surface area contributed by atoms with E-state index in [0.29, 0.717) is 0 Å². The normalized spacial score (nSPS) is 27.8. The third-order valence-electron chi connectivity index (χ3n) is 3.06. The van der Waals surface area contributed by atoms with Crippen molar-refractivity contribution in [2.75, 3.05) is 6.54 Å². The first kappa shape index (κ1) is 10.6. The molecule has 0 amide bonds. The molecule has 0 heterocycles. The average Bonchev–Trinajstić information content (AvgIpc) is 2.19. The van der Waals surface area contributed by atoms with Crippen molar-refractivity contribution in [2.24, 2.45) is 5.92 Å². The fourth-order valence-electron chi connectivity index (χ4n) is 2.24. The van der Waals surface area contributed by atoms with Crippen LogP contribution in [0.25, 0.3) is 0 Å². The lowest BCUT2D eigenvalue weighted by Crippen LogP contribution is -2.38. The van der Waals surface area contributed by atoms with Crippen molar-refractivity contribution in [1.29, 1.82) is 0 Å². The summed E-state index contributed by atoms with van der Waals surface area (Å²) < 4.78 is 0. The molecule has 0 bridgehead atoms. The lowest BCUT2D eigenvalue weighted by molar-refractivity contribution is 0.263. The molecule has 0 aliphatic heterocycles. The summed E-state index contributed by atoms with van der Waals surface area (Å²) >= 11 is 0. The highest BCUT2D eigenvalue weighted by Crippen LogP contribution is 2.26. The predicted molar refractivity (Wildman–Crippen MR) is 57.5 cm³/mol. The Kier molecular flexibility index (Phi) is 4.93. The van der Waals surface area contributed by atoms with Crippen molar-refractivity contribution < 1.29 is 0 Å². The highest BCUT2D eigenvalue weighted by molar-refractivity contribution is 4.98. The highest BCUT2D eigenvalue weighted by atomic mass is 14.9. The highest BCUT2D eigenvalue weighted by Gasteiger charge is 2.22. The van der Waals surface area contributed by atoms with Crippen LogP contribution in [0.2, 0.25) is 0 Å². The van der Waals surface area contributed by atoms with E-state index in [0.717, 1.165) is 18.5 Å². The number of rotatable bonds is 3. The van der Waals surface area contributed by atoms with E-state index in [1.165, 1.54) is 32.1 Å². The van der Waals surface area contributed by atoms with Crippen LogP contribution in [0.3, 0.4) is 0 Å². The van der Waals surface area contributed by atoms with Crippen molar-refractivity contribution in [2.45, 2.75) is 52.0 Å². The van der Waals surface area contributed by atoms with Gasteiger partial charge in [0.1, 0.15) is 0 Å². The van der Waals surface area contributed by atoms with Crippen LogP contribution < -0.4 is 5.32 Å². The second-order valence-electron chi connectivity index (χ2n) is 3.87. The first-order chi connectivity index (χ1) is 6.38. The molecule has 0 aromatic carbocycles. The Morgan fingerprint density at radius 1 is 1.31 bits per heavy atom. The Morgan fingerprint density at radius 2 is 2.08 bits per heavy atom. The monoisotopic (exact) mass is 179 g/mol. The van der Waals surface area contributed by atoms with Crippen LogP contribution in [-0.4, -0.2) is 12.6 Å². The van der Waals surface area contributed by atoms with E-state index in [2.05, 4.69) is 24.1 Å². The van der Waals surface area contributed by atoms with Gasteiger partial charge in [-0.1, -0.05) is 32.1 Å². The molecule has 1 saturated carbocycles. The Balaban J connectivity index is 2.30. The van der Waals surface area contributed by atoms with Crippen LogP contribution >= 0.6 is 0 Å². The third kappa shape index (κ3) is 3.40. The molecule has 0 aromatic rings. The van der Waals surface area contributed by atoms with Crippen LogP contribution in [0.1, 0.15) is 46.0 Å². The van der Waals surface area contributed by atoms with Crippen LogP contribution in [-0.2, 0) is 0 Å². The van der Waals surface area contributed by atoms with E-state index in [9.17, 15) is 0 Å². The molecule has 1 fully saturated rings. The smallest absolute Gasteiger partial charge is 0.0578 e. The fraction of sp³-hybridized carbons (Fsp3) is 0.833. The maximum Gasteiger partial charge on any atom is 0.0578 e. The largest absolute Gasteiger partial charge is 0.303 e. The van der Waals surface area contributed by atoms with Gasteiger partial charge in [0.2, 0.25) is 0 Å². The first-order valence-corrected chi connectivity index (χ1v) is 5.51. The third-order valence-corrected chi connectivity index (χ3v) is 3.06. The number of hydrogen-bond acceptors (Lipinski definition) is 1.